The Labute approximate surface area is 218 Å². The minimum atomic E-state index is -0.304. The van der Waals surface area contributed by atoms with E-state index in [-0.39, 0.29) is 17.4 Å². The standard InChI is InChI=1S/C29H38N6O2/c1-5-18-34-28(36)26-27(33(29(34)37)19-17-22-13-15-24(30)16-14-22)31-25(20-23-11-9-8-10-12-23)35(26)21(4)32(6-2)7-3/h8-16,21H,5-7,17-20,30H2,1-4H3. The van der Waals surface area contributed by atoms with Gasteiger partial charge in [-0.1, -0.05) is 63.2 Å². The van der Waals surface area contributed by atoms with Crippen LogP contribution in [0.1, 0.15) is 57.2 Å². The van der Waals surface area contributed by atoms with Crippen LogP contribution in [-0.4, -0.2) is 36.7 Å². The molecule has 8 heteroatoms. The molecule has 2 aromatic carbocycles. The third kappa shape index (κ3) is 5.39. The van der Waals surface area contributed by atoms with Crippen LogP contribution in [-0.2, 0) is 25.9 Å². The van der Waals surface area contributed by atoms with E-state index in [0.29, 0.717) is 49.2 Å². The summed E-state index contributed by atoms with van der Waals surface area (Å²) in [6, 6.07) is 17.8. The number of benzene rings is 2. The molecular formula is C29H38N6O2. The van der Waals surface area contributed by atoms with Crippen molar-refractivity contribution in [3.8, 4) is 0 Å². The molecule has 0 saturated heterocycles. The summed E-state index contributed by atoms with van der Waals surface area (Å²) in [6.07, 6.45) is 1.80. The van der Waals surface area contributed by atoms with Crippen molar-refractivity contribution in [3.05, 3.63) is 92.4 Å². The highest BCUT2D eigenvalue weighted by molar-refractivity contribution is 5.71. The summed E-state index contributed by atoms with van der Waals surface area (Å²) in [5.74, 6) is 0.785. The highest BCUT2D eigenvalue weighted by atomic mass is 16.2. The van der Waals surface area contributed by atoms with Gasteiger partial charge in [0.2, 0.25) is 0 Å². The molecule has 1 unspecified atom stereocenters. The summed E-state index contributed by atoms with van der Waals surface area (Å²) >= 11 is 0. The molecule has 8 nitrogen and oxygen atoms in total. The van der Waals surface area contributed by atoms with Gasteiger partial charge in [0.1, 0.15) is 5.82 Å². The number of rotatable bonds is 11. The van der Waals surface area contributed by atoms with Gasteiger partial charge in [-0.2, -0.15) is 0 Å². The molecule has 0 aliphatic heterocycles. The molecule has 0 aliphatic carbocycles. The van der Waals surface area contributed by atoms with Crippen LogP contribution in [0.25, 0.3) is 11.2 Å². The van der Waals surface area contributed by atoms with E-state index in [4.69, 9.17) is 10.7 Å². The normalized spacial score (nSPS) is 12.5. The average Bonchev–Trinajstić information content (AvgIpc) is 3.27. The van der Waals surface area contributed by atoms with E-state index in [2.05, 4.69) is 42.4 Å². The Hall–Kier alpha value is -3.65. The van der Waals surface area contributed by atoms with Crippen LogP contribution in [0.15, 0.2) is 64.2 Å². The first-order valence-corrected chi connectivity index (χ1v) is 13.3. The molecular weight excluding hydrogens is 464 g/mol. The molecule has 2 heterocycles. The molecule has 0 amide bonds. The highest BCUT2D eigenvalue weighted by Crippen LogP contribution is 2.23. The average molecular weight is 503 g/mol. The van der Waals surface area contributed by atoms with E-state index in [9.17, 15) is 9.59 Å². The topological polar surface area (TPSA) is 91.1 Å². The van der Waals surface area contributed by atoms with E-state index in [1.165, 1.54) is 4.57 Å². The molecule has 0 aliphatic rings. The summed E-state index contributed by atoms with van der Waals surface area (Å²) in [5.41, 5.74) is 9.12. The SMILES string of the molecule is CCCn1c(=O)c2c(nc(Cc3ccccc3)n2C(C)N(CC)CC)n(CCc2ccc(N)cc2)c1=O. The van der Waals surface area contributed by atoms with Gasteiger partial charge < -0.3 is 10.3 Å². The number of aryl methyl sites for hydroxylation is 2. The lowest BCUT2D eigenvalue weighted by molar-refractivity contribution is 0.172. The van der Waals surface area contributed by atoms with Crippen LogP contribution in [0, 0.1) is 0 Å². The smallest absolute Gasteiger partial charge is 0.332 e. The van der Waals surface area contributed by atoms with Gasteiger partial charge in [-0.3, -0.25) is 18.8 Å². The van der Waals surface area contributed by atoms with Gasteiger partial charge in [0, 0.05) is 25.2 Å². The van der Waals surface area contributed by atoms with Crippen molar-refractivity contribution in [1.82, 2.24) is 23.6 Å². The van der Waals surface area contributed by atoms with Gasteiger partial charge in [0.15, 0.2) is 11.2 Å². The monoisotopic (exact) mass is 502 g/mol. The fourth-order valence-corrected chi connectivity index (χ4v) is 5.07. The van der Waals surface area contributed by atoms with E-state index in [1.807, 2.05) is 49.4 Å². The van der Waals surface area contributed by atoms with E-state index in [0.717, 1.165) is 30.0 Å². The number of imidazole rings is 1. The molecule has 4 aromatic rings. The molecule has 0 saturated carbocycles. The second kappa shape index (κ2) is 11.6. The predicted octanol–water partition coefficient (Wildman–Crippen LogP) is 4.05. The van der Waals surface area contributed by atoms with Crippen molar-refractivity contribution in [1.29, 1.82) is 0 Å². The number of nitrogen functional groups attached to an aromatic ring is 1. The van der Waals surface area contributed by atoms with Gasteiger partial charge >= 0.3 is 5.69 Å². The van der Waals surface area contributed by atoms with Crippen LogP contribution in [0.4, 0.5) is 5.69 Å². The first-order valence-electron chi connectivity index (χ1n) is 13.3. The molecule has 2 N–H and O–H groups in total. The lowest BCUT2D eigenvalue weighted by atomic mass is 10.1. The summed E-state index contributed by atoms with van der Waals surface area (Å²) < 4.78 is 5.12. The Morgan fingerprint density at radius 3 is 2.19 bits per heavy atom. The molecule has 0 radical (unpaired) electrons. The summed E-state index contributed by atoms with van der Waals surface area (Å²) in [5, 5.41) is 0. The van der Waals surface area contributed by atoms with E-state index >= 15 is 0 Å². The summed E-state index contributed by atoms with van der Waals surface area (Å²) in [6.45, 7) is 10.8. The molecule has 0 bridgehead atoms. The Balaban J connectivity index is 1.95. The maximum Gasteiger partial charge on any atom is 0.332 e. The second-order valence-electron chi connectivity index (χ2n) is 9.47. The van der Waals surface area contributed by atoms with Crippen LogP contribution in [0.5, 0.6) is 0 Å². The molecule has 0 spiro atoms. The Kier molecular flexibility index (Phi) is 8.28. The Morgan fingerprint density at radius 1 is 0.892 bits per heavy atom. The third-order valence-electron chi connectivity index (χ3n) is 7.10. The van der Waals surface area contributed by atoms with Crippen molar-refractivity contribution in [3.63, 3.8) is 0 Å². The number of aromatic nitrogens is 4. The highest BCUT2D eigenvalue weighted by Gasteiger charge is 2.26. The van der Waals surface area contributed by atoms with Crippen LogP contribution < -0.4 is 17.0 Å². The fourth-order valence-electron chi connectivity index (χ4n) is 5.07. The lowest BCUT2D eigenvalue weighted by Crippen LogP contribution is -2.41. The lowest BCUT2D eigenvalue weighted by Gasteiger charge is -2.29. The Bertz CT molecular complexity index is 1450. The molecule has 37 heavy (non-hydrogen) atoms. The first-order chi connectivity index (χ1) is 17.9. The molecule has 0 fully saturated rings. The summed E-state index contributed by atoms with van der Waals surface area (Å²) in [7, 11) is 0. The van der Waals surface area contributed by atoms with Gasteiger partial charge in [0.05, 0.1) is 6.17 Å². The van der Waals surface area contributed by atoms with Crippen LogP contribution in [0.3, 0.4) is 0 Å². The van der Waals surface area contributed by atoms with Crippen molar-refractivity contribution < 1.29 is 0 Å². The van der Waals surface area contributed by atoms with Crippen molar-refractivity contribution in [2.24, 2.45) is 0 Å². The molecule has 2 aromatic heterocycles. The van der Waals surface area contributed by atoms with Crippen LogP contribution in [0.2, 0.25) is 0 Å². The first kappa shape index (κ1) is 26.4. The van der Waals surface area contributed by atoms with E-state index < -0.39 is 0 Å². The largest absolute Gasteiger partial charge is 0.399 e. The van der Waals surface area contributed by atoms with Crippen molar-refractivity contribution in [2.45, 2.75) is 66.2 Å². The third-order valence-corrected chi connectivity index (χ3v) is 7.10. The van der Waals surface area contributed by atoms with Crippen molar-refractivity contribution >= 4 is 16.9 Å². The Morgan fingerprint density at radius 2 is 1.57 bits per heavy atom. The number of hydrogen-bond donors (Lipinski definition) is 1. The predicted molar refractivity (Wildman–Crippen MR) is 150 cm³/mol. The molecule has 4 rings (SSSR count). The number of fused-ring (bicyclic) bond motifs is 1. The van der Waals surface area contributed by atoms with Gasteiger partial charge in [-0.15, -0.1) is 0 Å². The van der Waals surface area contributed by atoms with Gasteiger partial charge in [0.25, 0.3) is 5.56 Å². The zero-order valence-corrected chi connectivity index (χ0v) is 22.4. The zero-order chi connectivity index (χ0) is 26.5. The minimum Gasteiger partial charge on any atom is -0.399 e. The molecule has 196 valence electrons. The summed E-state index contributed by atoms with van der Waals surface area (Å²) in [4.78, 5) is 34.7. The quantitative estimate of drug-likeness (QED) is 0.313. The fraction of sp³-hybridized carbons (Fsp3) is 0.414. The van der Waals surface area contributed by atoms with E-state index in [1.54, 1.807) is 4.57 Å². The van der Waals surface area contributed by atoms with Crippen molar-refractivity contribution in [2.75, 3.05) is 18.8 Å². The maximum absolute atomic E-state index is 13.8. The van der Waals surface area contributed by atoms with Gasteiger partial charge in [-0.25, -0.2) is 9.78 Å². The second-order valence-corrected chi connectivity index (χ2v) is 9.47. The number of nitrogens with two attached hydrogens (primary N) is 1. The molecule has 1 atom stereocenters. The minimum absolute atomic E-state index is 0.0930. The van der Waals surface area contributed by atoms with Gasteiger partial charge in [-0.05, 0) is 56.1 Å². The zero-order valence-electron chi connectivity index (χ0n) is 22.4. The number of hydrogen-bond acceptors (Lipinski definition) is 5. The number of nitrogens with zero attached hydrogens (tertiary/aromatic N) is 5. The van der Waals surface area contributed by atoms with Crippen LogP contribution >= 0.6 is 0 Å². The number of anilines is 1. The maximum atomic E-state index is 13.8.